The van der Waals surface area contributed by atoms with Crippen molar-refractivity contribution in [1.29, 1.82) is 0 Å². The van der Waals surface area contributed by atoms with Crippen LogP contribution in [0.2, 0.25) is 0 Å². The molecule has 0 aliphatic carbocycles. The molecule has 3 aromatic rings. The molecule has 2 aromatic carbocycles. The number of amides is 1. The molecule has 0 aliphatic rings. The highest BCUT2D eigenvalue weighted by Gasteiger charge is 2.30. The second-order valence-corrected chi connectivity index (χ2v) is 5.24. The zero-order valence-corrected chi connectivity index (χ0v) is 13.0. The molecule has 5 nitrogen and oxygen atoms in total. The molecule has 0 unspecified atom stereocenters. The maximum atomic E-state index is 13.7. The van der Waals surface area contributed by atoms with Crippen LogP contribution in [0.3, 0.4) is 0 Å². The standard InChI is InChI=1S/C17H11F4N3O2/c18-13-4-2-1-3-12(13)16-24-23-14(26-16)9-22-15(25)10-5-7-11(8-6-10)17(19,20)21/h1-8H,9H2,(H,22,25). The molecule has 1 N–H and O–H groups in total. The Balaban J connectivity index is 1.64. The summed E-state index contributed by atoms with van der Waals surface area (Å²) in [6, 6.07) is 9.59. The summed E-state index contributed by atoms with van der Waals surface area (Å²) in [7, 11) is 0. The van der Waals surface area contributed by atoms with Crippen LogP contribution in [0.4, 0.5) is 17.6 Å². The van der Waals surface area contributed by atoms with Gasteiger partial charge in [0.05, 0.1) is 17.7 Å². The molecule has 0 atom stereocenters. The summed E-state index contributed by atoms with van der Waals surface area (Å²) < 4.78 is 56.5. The van der Waals surface area contributed by atoms with Crippen LogP contribution in [0, 0.1) is 5.82 Å². The third-order valence-electron chi connectivity index (χ3n) is 3.45. The number of hydrogen-bond acceptors (Lipinski definition) is 4. The van der Waals surface area contributed by atoms with E-state index in [1.165, 1.54) is 18.2 Å². The second kappa shape index (κ2) is 6.95. The van der Waals surface area contributed by atoms with E-state index in [0.717, 1.165) is 24.3 Å². The number of alkyl halides is 3. The van der Waals surface area contributed by atoms with Gasteiger partial charge >= 0.3 is 6.18 Å². The molecule has 0 saturated carbocycles. The van der Waals surface area contributed by atoms with Gasteiger partial charge in [0, 0.05) is 5.56 Å². The van der Waals surface area contributed by atoms with Gasteiger partial charge in [-0.05, 0) is 36.4 Å². The maximum absolute atomic E-state index is 13.7. The third-order valence-corrected chi connectivity index (χ3v) is 3.45. The van der Waals surface area contributed by atoms with Gasteiger partial charge < -0.3 is 9.73 Å². The quantitative estimate of drug-likeness (QED) is 0.714. The molecule has 0 saturated heterocycles. The zero-order chi connectivity index (χ0) is 18.7. The topological polar surface area (TPSA) is 68.0 Å². The number of carbonyl (C=O) groups excluding carboxylic acids is 1. The van der Waals surface area contributed by atoms with Crippen molar-refractivity contribution in [3.05, 3.63) is 71.4 Å². The van der Waals surface area contributed by atoms with E-state index in [4.69, 9.17) is 4.42 Å². The maximum Gasteiger partial charge on any atom is 0.416 e. The lowest BCUT2D eigenvalue weighted by Gasteiger charge is -2.07. The molecular formula is C17H11F4N3O2. The normalized spacial score (nSPS) is 11.4. The average molecular weight is 365 g/mol. The first kappa shape index (κ1) is 17.6. The van der Waals surface area contributed by atoms with Crippen LogP contribution in [-0.2, 0) is 12.7 Å². The summed E-state index contributed by atoms with van der Waals surface area (Å²) in [6.45, 7) is -0.151. The zero-order valence-electron chi connectivity index (χ0n) is 13.0. The Labute approximate surface area is 144 Å². The summed E-state index contributed by atoms with van der Waals surface area (Å²) in [5.74, 6) is -1.15. The second-order valence-electron chi connectivity index (χ2n) is 5.24. The number of rotatable bonds is 4. The lowest BCUT2D eigenvalue weighted by molar-refractivity contribution is -0.137. The number of halogens is 4. The van der Waals surface area contributed by atoms with Crippen LogP contribution < -0.4 is 5.32 Å². The third kappa shape index (κ3) is 3.88. The molecule has 0 fully saturated rings. The lowest BCUT2D eigenvalue weighted by atomic mass is 10.1. The van der Waals surface area contributed by atoms with Crippen LogP contribution in [0.15, 0.2) is 52.9 Å². The molecule has 134 valence electrons. The molecule has 1 heterocycles. The molecule has 26 heavy (non-hydrogen) atoms. The summed E-state index contributed by atoms with van der Waals surface area (Å²) in [6.07, 6.45) is -4.47. The van der Waals surface area contributed by atoms with Crippen LogP contribution in [0.1, 0.15) is 21.8 Å². The van der Waals surface area contributed by atoms with Crippen LogP contribution in [0.5, 0.6) is 0 Å². The Hall–Kier alpha value is -3.23. The number of benzene rings is 2. The highest BCUT2D eigenvalue weighted by molar-refractivity contribution is 5.94. The van der Waals surface area contributed by atoms with Gasteiger partial charge in [-0.3, -0.25) is 4.79 Å². The summed E-state index contributed by atoms with van der Waals surface area (Å²) in [5, 5.41) is 9.85. The van der Waals surface area contributed by atoms with Crippen molar-refractivity contribution < 1.29 is 26.8 Å². The first-order chi connectivity index (χ1) is 12.3. The van der Waals surface area contributed by atoms with Crippen molar-refractivity contribution in [1.82, 2.24) is 15.5 Å². The fourth-order valence-corrected chi connectivity index (χ4v) is 2.14. The molecule has 0 radical (unpaired) electrons. The van der Waals surface area contributed by atoms with Crippen molar-refractivity contribution in [2.24, 2.45) is 0 Å². The van der Waals surface area contributed by atoms with E-state index in [9.17, 15) is 22.4 Å². The monoisotopic (exact) mass is 365 g/mol. The first-order valence-corrected chi connectivity index (χ1v) is 7.37. The van der Waals surface area contributed by atoms with E-state index in [2.05, 4.69) is 15.5 Å². The fourth-order valence-electron chi connectivity index (χ4n) is 2.14. The fraction of sp³-hybridized carbons (Fsp3) is 0.118. The average Bonchev–Trinajstić information content (AvgIpc) is 3.08. The van der Waals surface area contributed by atoms with Crippen LogP contribution in [-0.4, -0.2) is 16.1 Å². The SMILES string of the molecule is O=C(NCc1nnc(-c2ccccc2F)o1)c1ccc(C(F)(F)F)cc1. The molecule has 1 amide bonds. The number of nitrogens with zero attached hydrogens (tertiary/aromatic N) is 2. The Morgan fingerprint density at radius 1 is 1.04 bits per heavy atom. The first-order valence-electron chi connectivity index (χ1n) is 7.37. The predicted octanol–water partition coefficient (Wildman–Crippen LogP) is 3.82. The van der Waals surface area contributed by atoms with Crippen LogP contribution in [0.25, 0.3) is 11.5 Å². The molecular weight excluding hydrogens is 354 g/mol. The van der Waals surface area contributed by atoms with Gasteiger partial charge in [-0.2, -0.15) is 13.2 Å². The number of aromatic nitrogens is 2. The van der Waals surface area contributed by atoms with E-state index >= 15 is 0 Å². The summed E-state index contributed by atoms with van der Waals surface area (Å²) in [5.41, 5.74) is -0.673. The van der Waals surface area contributed by atoms with Gasteiger partial charge in [-0.15, -0.1) is 10.2 Å². The van der Waals surface area contributed by atoms with Crippen molar-refractivity contribution in [3.8, 4) is 11.5 Å². The number of hydrogen-bond donors (Lipinski definition) is 1. The minimum atomic E-state index is -4.47. The van der Waals surface area contributed by atoms with Gasteiger partial charge in [0.1, 0.15) is 5.82 Å². The molecule has 9 heteroatoms. The molecule has 3 rings (SSSR count). The van der Waals surface area contributed by atoms with E-state index in [1.807, 2.05) is 0 Å². The minimum absolute atomic E-state index is 0.0310. The largest absolute Gasteiger partial charge is 0.419 e. The van der Waals surface area contributed by atoms with Crippen LogP contribution >= 0.6 is 0 Å². The van der Waals surface area contributed by atoms with Crippen molar-refractivity contribution in [3.63, 3.8) is 0 Å². The number of nitrogens with one attached hydrogen (secondary N) is 1. The van der Waals surface area contributed by atoms with Gasteiger partial charge in [-0.1, -0.05) is 12.1 Å². The summed E-state index contributed by atoms with van der Waals surface area (Å²) >= 11 is 0. The minimum Gasteiger partial charge on any atom is -0.419 e. The molecule has 0 aliphatic heterocycles. The lowest BCUT2D eigenvalue weighted by Crippen LogP contribution is -2.23. The number of carbonyl (C=O) groups is 1. The van der Waals surface area contributed by atoms with E-state index < -0.39 is 23.5 Å². The highest BCUT2D eigenvalue weighted by Crippen LogP contribution is 2.29. The predicted molar refractivity (Wildman–Crippen MR) is 82.3 cm³/mol. The smallest absolute Gasteiger partial charge is 0.416 e. The Kier molecular flexibility index (Phi) is 4.70. The van der Waals surface area contributed by atoms with E-state index in [1.54, 1.807) is 6.07 Å². The van der Waals surface area contributed by atoms with Crippen molar-refractivity contribution in [2.75, 3.05) is 0 Å². The molecule has 0 bridgehead atoms. The van der Waals surface area contributed by atoms with Crippen molar-refractivity contribution in [2.45, 2.75) is 12.7 Å². The molecule has 1 aromatic heterocycles. The van der Waals surface area contributed by atoms with E-state index in [-0.39, 0.29) is 29.5 Å². The summed E-state index contributed by atoms with van der Waals surface area (Å²) in [4.78, 5) is 12.0. The van der Waals surface area contributed by atoms with Gasteiger partial charge in [0.2, 0.25) is 5.89 Å². The highest BCUT2D eigenvalue weighted by atomic mass is 19.4. The Bertz CT molecular complexity index is 920. The van der Waals surface area contributed by atoms with Crippen molar-refractivity contribution >= 4 is 5.91 Å². The van der Waals surface area contributed by atoms with Gasteiger partial charge in [0.25, 0.3) is 11.8 Å². The van der Waals surface area contributed by atoms with E-state index in [0.29, 0.717) is 0 Å². The van der Waals surface area contributed by atoms with Gasteiger partial charge in [0.15, 0.2) is 0 Å². The molecule has 0 spiro atoms. The van der Waals surface area contributed by atoms with Gasteiger partial charge in [-0.25, -0.2) is 4.39 Å². The Morgan fingerprint density at radius 2 is 1.73 bits per heavy atom. The Morgan fingerprint density at radius 3 is 2.38 bits per heavy atom.